The molecule has 0 aliphatic heterocycles. The van der Waals surface area contributed by atoms with Crippen LogP contribution < -0.4 is 5.32 Å². The number of nitrogens with one attached hydrogen (secondary N) is 2. The van der Waals surface area contributed by atoms with E-state index in [9.17, 15) is 4.79 Å². The van der Waals surface area contributed by atoms with Gasteiger partial charge in [0.25, 0.3) is 0 Å². The second-order valence-corrected chi connectivity index (χ2v) is 5.34. The fourth-order valence-corrected chi connectivity index (χ4v) is 2.70. The smallest absolute Gasteiger partial charge is 0.231 e. The molecule has 3 rings (SSSR count). The number of amides is 1. The molecule has 0 bridgehead atoms. The molecule has 1 heterocycles. The highest BCUT2D eigenvalue weighted by Gasteiger charge is 2.36. The highest BCUT2D eigenvalue weighted by molar-refractivity contribution is 6.01. The van der Waals surface area contributed by atoms with E-state index in [0.29, 0.717) is 5.82 Å². The summed E-state index contributed by atoms with van der Waals surface area (Å²) in [6.07, 6.45) is 4.23. The predicted molar refractivity (Wildman–Crippen MR) is 71.3 cm³/mol. The number of benzene rings is 1. The van der Waals surface area contributed by atoms with Crippen molar-refractivity contribution in [2.45, 2.75) is 32.6 Å². The number of carbonyl (C=O) groups excluding carboxylic acids is 1. The lowest BCUT2D eigenvalue weighted by molar-refractivity contribution is -0.124. The van der Waals surface area contributed by atoms with Crippen LogP contribution in [0.1, 0.15) is 32.6 Å². The lowest BCUT2D eigenvalue weighted by atomic mass is 9.88. The first-order chi connectivity index (χ1) is 8.69. The molecular formula is C14H17N3O. The Labute approximate surface area is 106 Å². The fourth-order valence-electron chi connectivity index (χ4n) is 2.70. The van der Waals surface area contributed by atoms with Crippen LogP contribution in [0, 0.1) is 5.41 Å². The molecule has 0 atom stereocenters. The largest absolute Gasteiger partial charge is 0.308 e. The third-order valence-corrected chi connectivity index (χ3v) is 3.96. The van der Waals surface area contributed by atoms with Crippen molar-refractivity contribution < 1.29 is 4.79 Å². The van der Waals surface area contributed by atoms with E-state index in [1.54, 1.807) is 0 Å². The molecule has 1 aromatic carbocycles. The number of nitrogens with zero attached hydrogens (tertiary/aromatic N) is 1. The number of aromatic amines is 1. The minimum atomic E-state index is -0.222. The number of fused-ring (bicyclic) bond motifs is 1. The normalized spacial score (nSPS) is 18.1. The van der Waals surface area contributed by atoms with Gasteiger partial charge in [0.05, 0.1) is 5.52 Å². The van der Waals surface area contributed by atoms with E-state index in [0.717, 1.165) is 36.6 Å². The number of para-hydroxylation sites is 1. The topological polar surface area (TPSA) is 57.8 Å². The van der Waals surface area contributed by atoms with E-state index >= 15 is 0 Å². The maximum atomic E-state index is 12.3. The van der Waals surface area contributed by atoms with Gasteiger partial charge in [-0.1, -0.05) is 31.9 Å². The summed E-state index contributed by atoms with van der Waals surface area (Å²) in [6, 6.07) is 7.82. The van der Waals surface area contributed by atoms with Crippen LogP contribution in [0.5, 0.6) is 0 Å². The number of hydrogen-bond acceptors (Lipinski definition) is 2. The first kappa shape index (κ1) is 11.3. The third kappa shape index (κ3) is 1.78. The highest BCUT2D eigenvalue weighted by atomic mass is 16.2. The summed E-state index contributed by atoms with van der Waals surface area (Å²) in [5.41, 5.74) is 0.726. The zero-order valence-corrected chi connectivity index (χ0v) is 10.5. The van der Waals surface area contributed by atoms with Crippen molar-refractivity contribution in [1.29, 1.82) is 0 Å². The summed E-state index contributed by atoms with van der Waals surface area (Å²) < 4.78 is 0. The summed E-state index contributed by atoms with van der Waals surface area (Å²) in [7, 11) is 0. The molecule has 2 N–H and O–H groups in total. The minimum Gasteiger partial charge on any atom is -0.308 e. The lowest BCUT2D eigenvalue weighted by Gasteiger charge is -2.21. The molecule has 1 amide bonds. The molecule has 4 heteroatoms. The summed E-state index contributed by atoms with van der Waals surface area (Å²) in [4.78, 5) is 12.3. The van der Waals surface area contributed by atoms with E-state index < -0.39 is 0 Å². The summed E-state index contributed by atoms with van der Waals surface area (Å²) in [6.45, 7) is 2.05. The van der Waals surface area contributed by atoms with E-state index in [-0.39, 0.29) is 11.3 Å². The van der Waals surface area contributed by atoms with Crippen LogP contribution in [0.15, 0.2) is 24.3 Å². The molecule has 1 aliphatic carbocycles. The summed E-state index contributed by atoms with van der Waals surface area (Å²) in [5.74, 6) is 0.737. The maximum Gasteiger partial charge on any atom is 0.231 e. The van der Waals surface area contributed by atoms with Crippen molar-refractivity contribution in [3.63, 3.8) is 0 Å². The van der Waals surface area contributed by atoms with Crippen LogP contribution in [-0.2, 0) is 4.79 Å². The molecule has 4 nitrogen and oxygen atoms in total. The predicted octanol–water partition coefficient (Wildman–Crippen LogP) is 3.08. The second kappa shape index (κ2) is 4.12. The Morgan fingerprint density at radius 3 is 2.83 bits per heavy atom. The fraction of sp³-hybridized carbons (Fsp3) is 0.429. The lowest BCUT2D eigenvalue weighted by Crippen LogP contribution is -2.31. The zero-order chi connectivity index (χ0) is 12.6. The molecule has 1 aliphatic rings. The summed E-state index contributed by atoms with van der Waals surface area (Å²) in [5, 5.41) is 11.0. The standard InChI is InChI=1S/C14H17N3O/c1-14(8-4-5-9-14)13(18)15-12-10-6-2-3-7-11(10)16-17-12/h2-3,6-7H,4-5,8-9H2,1H3,(H2,15,16,17,18). The molecular weight excluding hydrogens is 226 g/mol. The van der Waals surface area contributed by atoms with Gasteiger partial charge < -0.3 is 5.32 Å². The van der Waals surface area contributed by atoms with Gasteiger partial charge in [-0.05, 0) is 25.0 Å². The quantitative estimate of drug-likeness (QED) is 0.851. The molecule has 0 spiro atoms. The van der Waals surface area contributed by atoms with E-state index in [1.165, 1.54) is 0 Å². The minimum absolute atomic E-state index is 0.0947. The van der Waals surface area contributed by atoms with Crippen LogP contribution in [0.2, 0.25) is 0 Å². The van der Waals surface area contributed by atoms with Crippen molar-refractivity contribution in [1.82, 2.24) is 10.2 Å². The van der Waals surface area contributed by atoms with Crippen LogP contribution in [0.25, 0.3) is 10.9 Å². The van der Waals surface area contributed by atoms with Gasteiger partial charge in [-0.15, -0.1) is 0 Å². The second-order valence-electron chi connectivity index (χ2n) is 5.34. The molecule has 1 saturated carbocycles. The Kier molecular flexibility index (Phi) is 2.58. The van der Waals surface area contributed by atoms with Crippen LogP contribution >= 0.6 is 0 Å². The van der Waals surface area contributed by atoms with Crippen molar-refractivity contribution >= 4 is 22.6 Å². The maximum absolute atomic E-state index is 12.3. The average molecular weight is 243 g/mol. The van der Waals surface area contributed by atoms with Crippen molar-refractivity contribution in [2.24, 2.45) is 5.41 Å². The average Bonchev–Trinajstić information content (AvgIpc) is 2.98. The molecule has 0 saturated heterocycles. The first-order valence-electron chi connectivity index (χ1n) is 6.44. The Morgan fingerprint density at radius 2 is 2.06 bits per heavy atom. The molecule has 2 aromatic rings. The van der Waals surface area contributed by atoms with Gasteiger partial charge in [0.2, 0.25) is 5.91 Å². The number of rotatable bonds is 2. The van der Waals surface area contributed by atoms with Gasteiger partial charge in [0.15, 0.2) is 5.82 Å². The van der Waals surface area contributed by atoms with E-state index in [4.69, 9.17) is 0 Å². The molecule has 1 aromatic heterocycles. The SMILES string of the molecule is CC1(C(=O)Nc2n[nH]c3ccccc23)CCCC1. The number of carbonyl (C=O) groups is 1. The van der Waals surface area contributed by atoms with Gasteiger partial charge in [0, 0.05) is 10.8 Å². The Hall–Kier alpha value is -1.84. The highest BCUT2D eigenvalue weighted by Crippen LogP contribution is 2.38. The molecule has 18 heavy (non-hydrogen) atoms. The number of hydrogen-bond donors (Lipinski definition) is 2. The van der Waals surface area contributed by atoms with Gasteiger partial charge in [-0.2, -0.15) is 5.10 Å². The number of aromatic nitrogens is 2. The van der Waals surface area contributed by atoms with Crippen molar-refractivity contribution in [2.75, 3.05) is 5.32 Å². The van der Waals surface area contributed by atoms with Gasteiger partial charge in [-0.3, -0.25) is 9.89 Å². The zero-order valence-electron chi connectivity index (χ0n) is 10.5. The van der Waals surface area contributed by atoms with Gasteiger partial charge in [-0.25, -0.2) is 0 Å². The van der Waals surface area contributed by atoms with Crippen LogP contribution in [0.3, 0.4) is 0 Å². The van der Waals surface area contributed by atoms with Crippen LogP contribution in [-0.4, -0.2) is 16.1 Å². The number of H-pyrrole nitrogens is 1. The summed E-state index contributed by atoms with van der Waals surface area (Å²) >= 11 is 0. The van der Waals surface area contributed by atoms with Crippen molar-refractivity contribution in [3.05, 3.63) is 24.3 Å². The van der Waals surface area contributed by atoms with Gasteiger partial charge >= 0.3 is 0 Å². The van der Waals surface area contributed by atoms with E-state index in [2.05, 4.69) is 15.5 Å². The Balaban J connectivity index is 1.86. The third-order valence-electron chi connectivity index (χ3n) is 3.96. The molecule has 0 unspecified atom stereocenters. The first-order valence-corrected chi connectivity index (χ1v) is 6.44. The van der Waals surface area contributed by atoms with Crippen LogP contribution in [0.4, 0.5) is 5.82 Å². The molecule has 0 radical (unpaired) electrons. The van der Waals surface area contributed by atoms with E-state index in [1.807, 2.05) is 31.2 Å². The number of anilines is 1. The molecule has 1 fully saturated rings. The van der Waals surface area contributed by atoms with Crippen molar-refractivity contribution in [3.8, 4) is 0 Å². The molecule has 94 valence electrons. The monoisotopic (exact) mass is 243 g/mol. The Morgan fingerprint density at radius 1 is 1.33 bits per heavy atom. The Bertz CT molecular complexity index is 581. The van der Waals surface area contributed by atoms with Gasteiger partial charge in [0.1, 0.15) is 0 Å².